The van der Waals surface area contributed by atoms with Crippen molar-refractivity contribution in [2.24, 2.45) is 17.8 Å². The Hall–Kier alpha value is -2.93. The third-order valence-electron chi connectivity index (χ3n) is 8.89. The van der Waals surface area contributed by atoms with Crippen molar-refractivity contribution >= 4 is 17.8 Å². The van der Waals surface area contributed by atoms with Crippen molar-refractivity contribution in [2.75, 3.05) is 19.8 Å². The number of amides is 2. The van der Waals surface area contributed by atoms with E-state index in [0.717, 1.165) is 50.5 Å². The van der Waals surface area contributed by atoms with Crippen LogP contribution in [-0.2, 0) is 25.5 Å². The smallest absolute Gasteiger partial charge is 0.309 e. The largest absolute Gasteiger partial charge is 0.463 e. The van der Waals surface area contributed by atoms with E-state index in [9.17, 15) is 19.5 Å². The van der Waals surface area contributed by atoms with Gasteiger partial charge in [0.1, 0.15) is 6.61 Å². The number of benzene rings is 1. The standard InChI is InChI=1S/C35H52N2O5/c1-3-5-8-19-30(22-27-15-9-6-10-16-27)35(41)42-26-31(23-28-17-11-7-12-18-28)36-34(40)29(14-4-2)24-33(39)37-21-13-20-32(37)25-38/h3-4,6,9-10,15-16,28-32,38H,1-2,5,7-8,11-14,17-26H2,(H,36,40)/t29-,30-,31+,32+/m1/s1. The summed E-state index contributed by atoms with van der Waals surface area (Å²) in [4.78, 5) is 41.7. The zero-order valence-electron chi connectivity index (χ0n) is 25.4. The number of hydrogen-bond acceptors (Lipinski definition) is 5. The fraction of sp³-hybridized carbons (Fsp3) is 0.629. The van der Waals surface area contributed by atoms with Gasteiger partial charge >= 0.3 is 5.97 Å². The highest BCUT2D eigenvalue weighted by molar-refractivity contribution is 5.86. The molecule has 1 saturated carbocycles. The number of nitrogens with zero attached hydrogens (tertiary/aromatic N) is 1. The number of carbonyl (C=O) groups excluding carboxylic acids is 3. The lowest BCUT2D eigenvalue weighted by molar-refractivity contribution is -0.150. The molecule has 2 N–H and O–H groups in total. The highest BCUT2D eigenvalue weighted by atomic mass is 16.5. The Morgan fingerprint density at radius 3 is 2.48 bits per heavy atom. The average molecular weight is 581 g/mol. The number of aliphatic hydroxyl groups is 1. The molecule has 4 atom stereocenters. The van der Waals surface area contributed by atoms with Crippen molar-refractivity contribution in [1.29, 1.82) is 0 Å². The molecule has 0 bridgehead atoms. The van der Waals surface area contributed by atoms with Crippen LogP contribution in [0.25, 0.3) is 0 Å². The predicted molar refractivity (Wildman–Crippen MR) is 167 cm³/mol. The Labute approximate surface area is 252 Å². The highest BCUT2D eigenvalue weighted by Gasteiger charge is 2.32. The normalized spacial score (nSPS) is 19.5. The summed E-state index contributed by atoms with van der Waals surface area (Å²) in [5.74, 6) is -0.870. The van der Waals surface area contributed by atoms with E-state index in [4.69, 9.17) is 4.74 Å². The number of nitrogens with one attached hydrogen (secondary N) is 1. The Balaban J connectivity index is 1.66. The molecule has 3 rings (SSSR count). The van der Waals surface area contributed by atoms with Gasteiger partial charge in [-0.3, -0.25) is 14.4 Å². The van der Waals surface area contributed by atoms with Gasteiger partial charge in [0.2, 0.25) is 11.8 Å². The van der Waals surface area contributed by atoms with Gasteiger partial charge in [-0.15, -0.1) is 13.2 Å². The molecule has 0 radical (unpaired) electrons. The van der Waals surface area contributed by atoms with Gasteiger partial charge in [-0.05, 0) is 62.8 Å². The maximum absolute atomic E-state index is 13.6. The summed E-state index contributed by atoms with van der Waals surface area (Å²) in [6, 6.07) is 9.52. The average Bonchev–Trinajstić information content (AvgIpc) is 3.49. The molecular weight excluding hydrogens is 528 g/mol. The van der Waals surface area contributed by atoms with E-state index in [-0.39, 0.29) is 55.4 Å². The van der Waals surface area contributed by atoms with E-state index in [1.165, 1.54) is 19.3 Å². The molecule has 7 heteroatoms. The van der Waals surface area contributed by atoms with Crippen molar-refractivity contribution < 1.29 is 24.2 Å². The van der Waals surface area contributed by atoms with Crippen LogP contribution in [0.4, 0.5) is 0 Å². The summed E-state index contributed by atoms with van der Waals surface area (Å²) >= 11 is 0. The quantitative estimate of drug-likeness (QED) is 0.131. The van der Waals surface area contributed by atoms with Crippen LogP contribution in [0.1, 0.15) is 89.0 Å². The fourth-order valence-electron chi connectivity index (χ4n) is 6.49. The number of unbranched alkanes of at least 4 members (excludes halogenated alkanes) is 1. The van der Waals surface area contributed by atoms with Crippen LogP contribution in [0.5, 0.6) is 0 Å². The summed E-state index contributed by atoms with van der Waals surface area (Å²) in [5, 5.41) is 12.8. The van der Waals surface area contributed by atoms with Crippen LogP contribution in [0.3, 0.4) is 0 Å². The molecule has 1 aliphatic heterocycles. The Kier molecular flexibility index (Phi) is 14.8. The molecule has 1 aromatic rings. The number of likely N-dealkylation sites (tertiary alicyclic amines) is 1. The first-order valence-corrected chi connectivity index (χ1v) is 16.1. The minimum atomic E-state index is -0.552. The summed E-state index contributed by atoms with van der Waals surface area (Å²) in [7, 11) is 0. The van der Waals surface area contributed by atoms with Crippen LogP contribution in [0, 0.1) is 17.8 Å². The Morgan fingerprint density at radius 2 is 1.79 bits per heavy atom. The molecule has 0 aromatic heterocycles. The van der Waals surface area contributed by atoms with Crippen molar-refractivity contribution in [3.63, 3.8) is 0 Å². The van der Waals surface area contributed by atoms with Crippen molar-refractivity contribution in [3.05, 3.63) is 61.2 Å². The van der Waals surface area contributed by atoms with Crippen molar-refractivity contribution in [3.8, 4) is 0 Å². The third-order valence-corrected chi connectivity index (χ3v) is 8.89. The molecule has 42 heavy (non-hydrogen) atoms. The van der Waals surface area contributed by atoms with E-state index in [0.29, 0.717) is 31.7 Å². The summed E-state index contributed by atoms with van der Waals surface area (Å²) in [6.45, 7) is 8.31. The SMILES string of the molecule is C=CCCC[C@H](Cc1ccccc1)C(=O)OC[C@H](CC1CCCCC1)NC(=O)[C@H](CC=C)CC(=O)N1CCC[C@H]1CO. The van der Waals surface area contributed by atoms with Gasteiger partial charge in [0.05, 0.1) is 30.5 Å². The van der Waals surface area contributed by atoms with Crippen molar-refractivity contribution in [1.82, 2.24) is 10.2 Å². The fourth-order valence-corrected chi connectivity index (χ4v) is 6.49. The monoisotopic (exact) mass is 580 g/mol. The van der Waals surface area contributed by atoms with Crippen molar-refractivity contribution in [2.45, 2.75) is 102 Å². The Bertz CT molecular complexity index is 990. The lowest BCUT2D eigenvalue weighted by Gasteiger charge is -2.29. The minimum absolute atomic E-state index is 0.0578. The van der Waals surface area contributed by atoms with Gasteiger partial charge in [0, 0.05) is 13.0 Å². The molecule has 1 aliphatic carbocycles. The molecule has 2 amide bonds. The van der Waals surface area contributed by atoms with Gasteiger partial charge in [-0.2, -0.15) is 0 Å². The molecule has 0 spiro atoms. The van der Waals surface area contributed by atoms with Crippen LogP contribution < -0.4 is 5.32 Å². The van der Waals surface area contributed by atoms with E-state index in [1.54, 1.807) is 11.0 Å². The van der Waals surface area contributed by atoms with E-state index in [2.05, 4.69) is 18.5 Å². The molecule has 1 aromatic carbocycles. The first kappa shape index (κ1) is 33.6. The van der Waals surface area contributed by atoms with Gasteiger partial charge in [0.25, 0.3) is 0 Å². The van der Waals surface area contributed by atoms with Gasteiger partial charge < -0.3 is 20.1 Å². The number of ether oxygens (including phenoxy) is 1. The van der Waals surface area contributed by atoms with Gasteiger partial charge in [-0.1, -0.05) is 74.6 Å². The number of aliphatic hydroxyl groups excluding tert-OH is 1. The summed E-state index contributed by atoms with van der Waals surface area (Å²) in [6.07, 6.45) is 15.3. The maximum atomic E-state index is 13.6. The topological polar surface area (TPSA) is 95.9 Å². The maximum Gasteiger partial charge on any atom is 0.309 e. The number of allylic oxidation sites excluding steroid dienone is 2. The summed E-state index contributed by atoms with van der Waals surface area (Å²) in [5.41, 5.74) is 1.10. The minimum Gasteiger partial charge on any atom is -0.463 e. The number of esters is 1. The van der Waals surface area contributed by atoms with Crippen LogP contribution >= 0.6 is 0 Å². The Morgan fingerprint density at radius 1 is 1.02 bits per heavy atom. The van der Waals surface area contributed by atoms with Crippen LogP contribution in [-0.4, -0.2) is 59.6 Å². The first-order valence-electron chi connectivity index (χ1n) is 16.1. The summed E-state index contributed by atoms with van der Waals surface area (Å²) < 4.78 is 5.94. The van der Waals surface area contributed by atoms with Gasteiger partial charge in [0.15, 0.2) is 0 Å². The highest BCUT2D eigenvalue weighted by Crippen LogP contribution is 2.28. The zero-order chi connectivity index (χ0) is 30.2. The van der Waals surface area contributed by atoms with Gasteiger partial charge in [-0.25, -0.2) is 0 Å². The molecule has 0 unspecified atom stereocenters. The first-order chi connectivity index (χ1) is 20.4. The molecule has 1 heterocycles. The molecule has 2 fully saturated rings. The third kappa shape index (κ3) is 11.0. The second kappa shape index (κ2) is 18.6. The number of hydrogen-bond donors (Lipinski definition) is 2. The van der Waals surface area contributed by atoms with E-state index >= 15 is 0 Å². The number of carbonyl (C=O) groups is 3. The van der Waals surface area contributed by atoms with Crippen LogP contribution in [0.15, 0.2) is 55.6 Å². The second-order valence-electron chi connectivity index (χ2n) is 12.2. The number of rotatable bonds is 18. The zero-order valence-corrected chi connectivity index (χ0v) is 25.4. The molecule has 232 valence electrons. The molecule has 7 nitrogen and oxygen atoms in total. The molecule has 1 saturated heterocycles. The van der Waals surface area contributed by atoms with E-state index < -0.39 is 5.92 Å². The molecule has 2 aliphatic rings. The lowest BCUT2D eigenvalue weighted by Crippen LogP contribution is -2.45. The molecular formula is C35H52N2O5. The second-order valence-corrected chi connectivity index (χ2v) is 12.2. The lowest BCUT2D eigenvalue weighted by atomic mass is 9.84. The van der Waals surface area contributed by atoms with E-state index in [1.807, 2.05) is 36.4 Å². The predicted octanol–water partition coefficient (Wildman–Crippen LogP) is 5.77. The van der Waals surface area contributed by atoms with Crippen LogP contribution in [0.2, 0.25) is 0 Å².